The smallest absolute Gasteiger partial charge is 0.294 e. The van der Waals surface area contributed by atoms with Crippen molar-refractivity contribution in [3.8, 4) is 11.3 Å². The van der Waals surface area contributed by atoms with Crippen LogP contribution >= 0.6 is 0 Å². The molecule has 0 bridgehead atoms. The van der Waals surface area contributed by atoms with Gasteiger partial charge in [0.1, 0.15) is 5.76 Å². The van der Waals surface area contributed by atoms with Crippen LogP contribution in [0.3, 0.4) is 0 Å². The van der Waals surface area contributed by atoms with Crippen molar-refractivity contribution in [2.45, 2.75) is 4.90 Å². The largest absolute Gasteiger partial charge is 0.464 e. The second-order valence-corrected chi connectivity index (χ2v) is 4.40. The molecular formula is C10H8O4S. The fraction of sp³-hybridized carbons (Fsp3) is 0. The molecule has 1 N–H and O–H groups in total. The predicted molar refractivity (Wildman–Crippen MR) is 54.0 cm³/mol. The fourth-order valence-electron chi connectivity index (χ4n) is 1.23. The van der Waals surface area contributed by atoms with Crippen LogP contribution < -0.4 is 0 Å². The van der Waals surface area contributed by atoms with Crippen LogP contribution in [0.5, 0.6) is 0 Å². The Labute approximate surface area is 86.9 Å². The van der Waals surface area contributed by atoms with Crippen LogP contribution in [0.15, 0.2) is 52.0 Å². The minimum Gasteiger partial charge on any atom is -0.464 e. The second-order valence-electron chi connectivity index (χ2n) is 2.98. The van der Waals surface area contributed by atoms with Crippen LogP contribution in [0.25, 0.3) is 11.3 Å². The summed E-state index contributed by atoms with van der Waals surface area (Å²) in [5.41, 5.74) is 0.757. The SMILES string of the molecule is O=S(=O)(O)c1ccc(-c2ccco2)cc1. The summed E-state index contributed by atoms with van der Waals surface area (Å²) in [5.74, 6) is 0.650. The lowest BCUT2D eigenvalue weighted by Crippen LogP contribution is -1.96. The molecule has 2 aromatic rings. The van der Waals surface area contributed by atoms with Gasteiger partial charge in [-0.25, -0.2) is 0 Å². The highest BCUT2D eigenvalue weighted by Crippen LogP contribution is 2.21. The molecule has 1 heterocycles. The van der Waals surface area contributed by atoms with E-state index in [0.29, 0.717) is 5.76 Å². The minimum absolute atomic E-state index is 0.127. The molecule has 5 heteroatoms. The highest BCUT2D eigenvalue weighted by molar-refractivity contribution is 7.85. The molecule has 0 saturated carbocycles. The molecule has 0 atom stereocenters. The molecule has 0 amide bonds. The van der Waals surface area contributed by atoms with Crippen molar-refractivity contribution >= 4 is 10.1 Å². The summed E-state index contributed by atoms with van der Waals surface area (Å²) in [5, 5.41) is 0. The Morgan fingerprint density at radius 2 is 1.73 bits per heavy atom. The van der Waals surface area contributed by atoms with E-state index in [1.54, 1.807) is 24.3 Å². The van der Waals surface area contributed by atoms with Gasteiger partial charge in [0, 0.05) is 5.56 Å². The Kier molecular flexibility index (Phi) is 2.34. The van der Waals surface area contributed by atoms with Crippen molar-refractivity contribution in [3.63, 3.8) is 0 Å². The van der Waals surface area contributed by atoms with Gasteiger partial charge in [-0.1, -0.05) is 0 Å². The van der Waals surface area contributed by atoms with E-state index in [-0.39, 0.29) is 4.90 Å². The summed E-state index contributed by atoms with van der Waals surface area (Å²) < 4.78 is 35.4. The molecule has 0 spiro atoms. The summed E-state index contributed by atoms with van der Waals surface area (Å²) in [6.07, 6.45) is 1.53. The number of hydrogen-bond acceptors (Lipinski definition) is 3. The molecule has 0 aliphatic carbocycles. The lowest BCUT2D eigenvalue weighted by molar-refractivity contribution is 0.483. The van der Waals surface area contributed by atoms with Crippen molar-refractivity contribution in [1.82, 2.24) is 0 Å². The predicted octanol–water partition coefficient (Wildman–Crippen LogP) is 2.19. The van der Waals surface area contributed by atoms with Gasteiger partial charge in [0.05, 0.1) is 11.2 Å². The second kappa shape index (κ2) is 3.52. The molecule has 0 saturated heterocycles. The molecule has 0 aliphatic rings. The summed E-state index contributed by atoms with van der Waals surface area (Å²) in [4.78, 5) is -0.127. The first-order chi connectivity index (χ1) is 7.07. The first kappa shape index (κ1) is 9.95. The van der Waals surface area contributed by atoms with Gasteiger partial charge in [0.25, 0.3) is 10.1 Å². The van der Waals surface area contributed by atoms with Crippen LogP contribution in [0.1, 0.15) is 0 Å². The van der Waals surface area contributed by atoms with Crippen LogP contribution in [-0.2, 0) is 10.1 Å². The van der Waals surface area contributed by atoms with Gasteiger partial charge in [-0.05, 0) is 36.4 Å². The average Bonchev–Trinajstić information content (AvgIpc) is 2.69. The maximum atomic E-state index is 10.8. The van der Waals surface area contributed by atoms with Gasteiger partial charge in [-0.15, -0.1) is 0 Å². The van der Waals surface area contributed by atoms with E-state index >= 15 is 0 Å². The van der Waals surface area contributed by atoms with Crippen molar-refractivity contribution in [3.05, 3.63) is 42.7 Å². The Morgan fingerprint density at radius 3 is 2.20 bits per heavy atom. The number of benzene rings is 1. The quantitative estimate of drug-likeness (QED) is 0.794. The normalized spacial score (nSPS) is 11.5. The van der Waals surface area contributed by atoms with Crippen molar-refractivity contribution < 1.29 is 17.4 Å². The molecule has 1 aromatic carbocycles. The third-order valence-corrected chi connectivity index (χ3v) is 2.83. The summed E-state index contributed by atoms with van der Waals surface area (Å²) in [7, 11) is -4.12. The lowest BCUT2D eigenvalue weighted by atomic mass is 10.2. The van der Waals surface area contributed by atoms with E-state index < -0.39 is 10.1 Å². The maximum absolute atomic E-state index is 10.8. The number of rotatable bonds is 2. The third kappa shape index (κ3) is 2.08. The van der Waals surface area contributed by atoms with Gasteiger partial charge in [0.15, 0.2) is 0 Å². The van der Waals surface area contributed by atoms with Gasteiger partial charge in [-0.2, -0.15) is 8.42 Å². The molecule has 0 fully saturated rings. The van der Waals surface area contributed by atoms with E-state index in [1.807, 2.05) is 0 Å². The molecule has 0 aliphatic heterocycles. The zero-order valence-electron chi connectivity index (χ0n) is 7.62. The van der Waals surface area contributed by atoms with Crippen LogP contribution in [-0.4, -0.2) is 13.0 Å². The van der Waals surface area contributed by atoms with E-state index in [0.717, 1.165) is 5.56 Å². The van der Waals surface area contributed by atoms with Gasteiger partial charge in [0.2, 0.25) is 0 Å². The van der Waals surface area contributed by atoms with E-state index in [4.69, 9.17) is 8.97 Å². The number of hydrogen-bond donors (Lipinski definition) is 1. The Hall–Kier alpha value is -1.59. The van der Waals surface area contributed by atoms with Crippen LogP contribution in [0.2, 0.25) is 0 Å². The first-order valence-corrected chi connectivity index (χ1v) is 5.63. The highest BCUT2D eigenvalue weighted by Gasteiger charge is 2.09. The Morgan fingerprint density at radius 1 is 1.07 bits per heavy atom. The first-order valence-electron chi connectivity index (χ1n) is 4.19. The molecule has 4 nitrogen and oxygen atoms in total. The fourth-order valence-corrected chi connectivity index (χ4v) is 1.71. The molecule has 78 valence electrons. The third-order valence-electron chi connectivity index (χ3n) is 1.96. The minimum atomic E-state index is -4.12. The summed E-state index contributed by atoms with van der Waals surface area (Å²) >= 11 is 0. The van der Waals surface area contributed by atoms with Crippen LogP contribution in [0.4, 0.5) is 0 Å². The van der Waals surface area contributed by atoms with E-state index in [9.17, 15) is 8.42 Å². The lowest BCUT2D eigenvalue weighted by Gasteiger charge is -1.98. The van der Waals surface area contributed by atoms with Crippen LogP contribution in [0, 0.1) is 0 Å². The zero-order chi connectivity index (χ0) is 10.9. The molecule has 15 heavy (non-hydrogen) atoms. The highest BCUT2D eigenvalue weighted by atomic mass is 32.2. The number of furan rings is 1. The van der Waals surface area contributed by atoms with Gasteiger partial charge >= 0.3 is 0 Å². The standard InChI is InChI=1S/C10H8O4S/c11-15(12,13)9-5-3-8(4-6-9)10-2-1-7-14-10/h1-7H,(H,11,12,13). The summed E-state index contributed by atoms with van der Waals surface area (Å²) in [6, 6.07) is 9.30. The van der Waals surface area contributed by atoms with E-state index in [1.165, 1.54) is 18.4 Å². The topological polar surface area (TPSA) is 67.5 Å². The average molecular weight is 224 g/mol. The van der Waals surface area contributed by atoms with Crippen molar-refractivity contribution in [1.29, 1.82) is 0 Å². The molecule has 0 radical (unpaired) electrons. The molecule has 0 unspecified atom stereocenters. The monoisotopic (exact) mass is 224 g/mol. The Bertz CT molecular complexity index is 538. The van der Waals surface area contributed by atoms with Crippen molar-refractivity contribution in [2.24, 2.45) is 0 Å². The van der Waals surface area contributed by atoms with Gasteiger partial charge in [-0.3, -0.25) is 4.55 Å². The maximum Gasteiger partial charge on any atom is 0.294 e. The molecule has 2 rings (SSSR count). The van der Waals surface area contributed by atoms with E-state index in [2.05, 4.69) is 0 Å². The van der Waals surface area contributed by atoms with Gasteiger partial charge < -0.3 is 4.42 Å². The summed E-state index contributed by atoms with van der Waals surface area (Å²) in [6.45, 7) is 0. The molecule has 1 aromatic heterocycles. The molecular weight excluding hydrogens is 216 g/mol. The zero-order valence-corrected chi connectivity index (χ0v) is 8.44. The Balaban J connectivity index is 2.42. The van der Waals surface area contributed by atoms with Crippen molar-refractivity contribution in [2.75, 3.05) is 0 Å².